The number of hydrogen-bond donors (Lipinski definition) is 5. The lowest BCUT2D eigenvalue weighted by Crippen LogP contribution is -2.49. The van der Waals surface area contributed by atoms with Gasteiger partial charge in [0.2, 0.25) is 0 Å². The van der Waals surface area contributed by atoms with Crippen molar-refractivity contribution >= 4 is 40.5 Å². The summed E-state index contributed by atoms with van der Waals surface area (Å²) in [5, 5.41) is 41.1. The highest BCUT2D eigenvalue weighted by molar-refractivity contribution is 7.12. The fraction of sp³-hybridized carbons (Fsp3) is 0.222. The van der Waals surface area contributed by atoms with E-state index in [0.717, 1.165) is 5.52 Å². The number of aliphatic hydroxyl groups is 2. The number of carbonyl (C=O) groups excluding carboxylic acids is 3. The molecule has 3 amide bonds. The first-order chi connectivity index (χ1) is 19.2. The van der Waals surface area contributed by atoms with E-state index in [0.29, 0.717) is 16.0 Å². The zero-order chi connectivity index (χ0) is 28.8. The lowest BCUT2D eigenvalue weighted by molar-refractivity contribution is -0.141. The number of rotatable bonds is 10. The second-order valence-corrected chi connectivity index (χ2v) is 9.77. The quantitative estimate of drug-likeness (QED) is 0.182. The first kappa shape index (κ1) is 28.3. The number of fused-ring (bicyclic) bond motifs is 1. The van der Waals surface area contributed by atoms with Gasteiger partial charge in [-0.25, -0.2) is 9.31 Å². The largest absolute Gasteiger partial charge is 0.507 e. The predicted molar refractivity (Wildman–Crippen MR) is 146 cm³/mol. The molecule has 3 aromatic heterocycles. The molecule has 4 heterocycles. The Balaban J connectivity index is 1.49. The molecular formula is C27H27N5O7S. The van der Waals surface area contributed by atoms with E-state index in [2.05, 4.69) is 22.3 Å². The molecule has 0 radical (unpaired) electrons. The normalized spacial score (nSPS) is 14.9. The van der Waals surface area contributed by atoms with E-state index in [9.17, 15) is 34.5 Å². The molecular weight excluding hydrogens is 538 g/mol. The van der Waals surface area contributed by atoms with Crippen molar-refractivity contribution in [3.05, 3.63) is 93.7 Å². The van der Waals surface area contributed by atoms with Gasteiger partial charge in [0.05, 0.1) is 22.6 Å². The van der Waals surface area contributed by atoms with Gasteiger partial charge in [-0.15, -0.1) is 11.3 Å². The highest BCUT2D eigenvalue weighted by Gasteiger charge is 2.29. The molecule has 5 N–H and O–H groups in total. The highest BCUT2D eigenvalue weighted by Crippen LogP contribution is 2.27. The average molecular weight is 566 g/mol. The summed E-state index contributed by atoms with van der Waals surface area (Å²) < 4.78 is 1.59. The molecule has 0 bridgehead atoms. The molecule has 3 aromatic rings. The van der Waals surface area contributed by atoms with Crippen LogP contribution in [0.25, 0.3) is 5.52 Å². The summed E-state index contributed by atoms with van der Waals surface area (Å²) in [4.78, 5) is 51.8. The molecule has 0 fully saturated rings. The monoisotopic (exact) mass is 565 g/mol. The van der Waals surface area contributed by atoms with E-state index < -0.39 is 48.3 Å². The minimum atomic E-state index is -1.52. The van der Waals surface area contributed by atoms with Crippen molar-refractivity contribution in [2.24, 2.45) is 0 Å². The van der Waals surface area contributed by atoms with Gasteiger partial charge in [0, 0.05) is 31.4 Å². The lowest BCUT2D eigenvalue weighted by atomic mass is 9.95. The van der Waals surface area contributed by atoms with Gasteiger partial charge in [-0.3, -0.25) is 14.4 Å². The number of carboxylic acid groups (broad SMARTS) is 1. The fourth-order valence-electron chi connectivity index (χ4n) is 4.20. The summed E-state index contributed by atoms with van der Waals surface area (Å²) >= 11 is 1.17. The van der Waals surface area contributed by atoms with Crippen LogP contribution in [0.15, 0.2) is 83.1 Å². The average Bonchev–Trinajstić information content (AvgIpc) is 3.65. The Kier molecular flexibility index (Phi) is 8.76. The summed E-state index contributed by atoms with van der Waals surface area (Å²) in [6, 6.07) is 8.84. The molecule has 208 valence electrons. The van der Waals surface area contributed by atoms with Gasteiger partial charge >= 0.3 is 5.97 Å². The van der Waals surface area contributed by atoms with Crippen LogP contribution in [0, 0.1) is 0 Å². The molecule has 1 aliphatic heterocycles. The van der Waals surface area contributed by atoms with Crippen molar-refractivity contribution in [3.63, 3.8) is 0 Å². The first-order valence-electron chi connectivity index (χ1n) is 12.2. The Morgan fingerprint density at radius 1 is 1.18 bits per heavy atom. The number of aliphatic hydroxyl groups excluding tert-OH is 2. The molecule has 4 rings (SSSR count). The van der Waals surface area contributed by atoms with Crippen LogP contribution < -0.4 is 10.6 Å². The number of amides is 3. The van der Waals surface area contributed by atoms with E-state index >= 15 is 0 Å². The number of aliphatic carboxylic acids is 1. The standard InChI is InChI=1S/C27H27N5O7S/c1-2-16-14-31(26(37)20-12-17-6-3-4-9-32(17)30-20)10-8-18(16)23(34)19(15-33)24(35)29-21(27(38)39)13-28-25(36)22-7-5-11-40-22/h2-7,9,11-12,21,33-34H,1,8,10,13-15H2,(H,28,36)(H,29,35)(H,38,39)/b23-19-/t21-/m0/s1. The number of nitrogens with zero attached hydrogens (tertiary/aromatic N) is 3. The van der Waals surface area contributed by atoms with Crippen molar-refractivity contribution in [1.29, 1.82) is 0 Å². The molecule has 40 heavy (non-hydrogen) atoms. The van der Waals surface area contributed by atoms with E-state index in [1.165, 1.54) is 22.3 Å². The van der Waals surface area contributed by atoms with E-state index in [-0.39, 0.29) is 31.1 Å². The van der Waals surface area contributed by atoms with Crippen LogP contribution in [-0.2, 0) is 9.59 Å². The van der Waals surface area contributed by atoms with Gasteiger partial charge in [0.15, 0.2) is 5.69 Å². The maximum Gasteiger partial charge on any atom is 0.328 e. The summed E-state index contributed by atoms with van der Waals surface area (Å²) in [7, 11) is 0. The Morgan fingerprint density at radius 3 is 2.62 bits per heavy atom. The molecule has 0 spiro atoms. The number of carbonyl (C=O) groups is 4. The minimum absolute atomic E-state index is 0.0719. The van der Waals surface area contributed by atoms with Crippen molar-refractivity contribution < 1.29 is 34.5 Å². The minimum Gasteiger partial charge on any atom is -0.507 e. The first-order valence-corrected chi connectivity index (χ1v) is 13.1. The number of allylic oxidation sites excluding steroid dienone is 1. The Morgan fingerprint density at radius 2 is 1.98 bits per heavy atom. The van der Waals surface area contributed by atoms with Gasteiger partial charge in [-0.2, -0.15) is 5.10 Å². The molecule has 13 heteroatoms. The van der Waals surface area contributed by atoms with E-state index in [4.69, 9.17) is 0 Å². The lowest BCUT2D eigenvalue weighted by Gasteiger charge is -2.29. The second-order valence-electron chi connectivity index (χ2n) is 8.82. The van der Waals surface area contributed by atoms with Crippen molar-refractivity contribution in [1.82, 2.24) is 25.1 Å². The number of pyridine rings is 1. The Hall–Kier alpha value is -4.75. The third-order valence-corrected chi connectivity index (χ3v) is 7.19. The van der Waals surface area contributed by atoms with Crippen molar-refractivity contribution in [2.75, 3.05) is 26.2 Å². The smallest absolute Gasteiger partial charge is 0.328 e. The molecule has 12 nitrogen and oxygen atoms in total. The van der Waals surface area contributed by atoms with Crippen molar-refractivity contribution in [2.45, 2.75) is 12.5 Å². The number of hydrogen-bond acceptors (Lipinski definition) is 8. The summed E-state index contributed by atoms with van der Waals surface area (Å²) in [5.74, 6) is -3.78. The number of nitrogens with one attached hydrogen (secondary N) is 2. The van der Waals surface area contributed by atoms with Gasteiger partial charge in [0.1, 0.15) is 11.8 Å². The third-order valence-electron chi connectivity index (χ3n) is 6.32. The van der Waals surface area contributed by atoms with Crippen molar-refractivity contribution in [3.8, 4) is 0 Å². The zero-order valence-electron chi connectivity index (χ0n) is 21.2. The van der Waals surface area contributed by atoms with Crippen LogP contribution in [0.2, 0.25) is 0 Å². The van der Waals surface area contributed by atoms with Crippen LogP contribution in [0.5, 0.6) is 0 Å². The van der Waals surface area contributed by atoms with E-state index in [1.807, 2.05) is 12.1 Å². The second kappa shape index (κ2) is 12.4. The number of aromatic nitrogens is 2. The summed E-state index contributed by atoms with van der Waals surface area (Å²) in [6.07, 6.45) is 3.32. The highest BCUT2D eigenvalue weighted by atomic mass is 32.1. The predicted octanol–water partition coefficient (Wildman–Crippen LogP) is 1.53. The maximum absolute atomic E-state index is 13.1. The Labute approximate surface area is 232 Å². The van der Waals surface area contributed by atoms with Gasteiger partial charge < -0.3 is 30.9 Å². The molecule has 0 aliphatic carbocycles. The topological polar surface area (TPSA) is 174 Å². The Bertz CT molecular complexity index is 1490. The molecule has 0 saturated carbocycles. The van der Waals surface area contributed by atoms with Crippen LogP contribution >= 0.6 is 11.3 Å². The van der Waals surface area contributed by atoms with Gasteiger partial charge in [-0.1, -0.05) is 24.8 Å². The molecule has 0 unspecified atom stereocenters. The van der Waals surface area contributed by atoms with Gasteiger partial charge in [-0.05, 0) is 41.6 Å². The maximum atomic E-state index is 13.1. The molecule has 0 aromatic carbocycles. The molecule has 0 saturated heterocycles. The van der Waals surface area contributed by atoms with E-state index in [1.54, 1.807) is 40.4 Å². The number of thiophene rings is 1. The van der Waals surface area contributed by atoms with Crippen LogP contribution in [0.3, 0.4) is 0 Å². The number of carboxylic acids is 1. The third kappa shape index (κ3) is 6.11. The zero-order valence-corrected chi connectivity index (χ0v) is 22.1. The summed E-state index contributed by atoms with van der Waals surface area (Å²) in [5.41, 5.74) is 1.31. The van der Waals surface area contributed by atoms with Crippen LogP contribution in [0.1, 0.15) is 26.6 Å². The fourth-order valence-corrected chi connectivity index (χ4v) is 4.84. The summed E-state index contributed by atoms with van der Waals surface area (Å²) in [6.45, 7) is 2.71. The van der Waals surface area contributed by atoms with Crippen LogP contribution in [0.4, 0.5) is 0 Å². The SMILES string of the molecule is C=CC1=C(/C(O)=C(\CO)C(=O)N[C@@H](CNC(=O)c2cccs2)C(=O)O)CCN(C(=O)c2cc3ccccn3n2)C1. The molecule has 1 atom stereocenters. The van der Waals surface area contributed by atoms with Gasteiger partial charge in [0.25, 0.3) is 17.7 Å². The van der Waals surface area contributed by atoms with Crippen LogP contribution in [-0.4, -0.2) is 85.8 Å². The molecule has 1 aliphatic rings.